The van der Waals surface area contributed by atoms with Gasteiger partial charge < -0.3 is 26.6 Å². The minimum Gasteiger partial charge on any atom is -0.508 e. The molecular weight excluding hydrogens is 382 g/mol. The summed E-state index contributed by atoms with van der Waals surface area (Å²) >= 11 is 0. The smallest absolute Gasteiger partial charge is 0.253 e. The van der Waals surface area contributed by atoms with E-state index in [1.54, 1.807) is 23.6 Å². The molecule has 1 aliphatic heterocycles. The maximum absolute atomic E-state index is 12.2. The summed E-state index contributed by atoms with van der Waals surface area (Å²) in [6.45, 7) is 7.42. The molecule has 4 rings (SSSR count). The number of piperidine rings is 1. The van der Waals surface area contributed by atoms with Crippen LogP contribution in [0.4, 0.5) is 5.82 Å². The lowest BCUT2D eigenvalue weighted by Crippen LogP contribution is -2.34. The number of carbonyl (C=O) groups excluding carboxylic acids is 1. The summed E-state index contributed by atoms with van der Waals surface area (Å²) in [6.07, 6.45) is 1.88. The SMILES string of the molecule is Cc1cc2c(C(N)=O)c(N)n(-c3c(C)ccc(O)c3C)c2nc1OC1CCNCC1. The number of anilines is 1. The van der Waals surface area contributed by atoms with Gasteiger partial charge in [-0.1, -0.05) is 6.07 Å². The maximum atomic E-state index is 12.2. The van der Waals surface area contributed by atoms with Crippen molar-refractivity contribution in [1.82, 2.24) is 14.9 Å². The zero-order valence-electron chi connectivity index (χ0n) is 17.5. The number of primary amides is 1. The number of hydrogen-bond acceptors (Lipinski definition) is 6. The van der Waals surface area contributed by atoms with Crippen molar-refractivity contribution in [2.75, 3.05) is 18.8 Å². The first-order valence-electron chi connectivity index (χ1n) is 10.1. The number of benzene rings is 1. The van der Waals surface area contributed by atoms with E-state index in [-0.39, 0.29) is 23.2 Å². The van der Waals surface area contributed by atoms with E-state index < -0.39 is 5.91 Å². The molecule has 1 aliphatic rings. The first-order chi connectivity index (χ1) is 14.3. The molecule has 0 bridgehead atoms. The van der Waals surface area contributed by atoms with Crippen molar-refractivity contribution in [3.63, 3.8) is 0 Å². The summed E-state index contributed by atoms with van der Waals surface area (Å²) in [5.41, 5.74) is 15.8. The Bertz CT molecular complexity index is 1150. The number of fused-ring (bicyclic) bond motifs is 1. The van der Waals surface area contributed by atoms with Crippen LogP contribution in [0.2, 0.25) is 0 Å². The van der Waals surface area contributed by atoms with Gasteiger partial charge in [0, 0.05) is 16.5 Å². The van der Waals surface area contributed by atoms with Crippen molar-refractivity contribution in [3.8, 4) is 17.3 Å². The van der Waals surface area contributed by atoms with E-state index in [2.05, 4.69) is 5.32 Å². The van der Waals surface area contributed by atoms with Gasteiger partial charge in [0.1, 0.15) is 17.7 Å². The van der Waals surface area contributed by atoms with E-state index in [4.69, 9.17) is 21.2 Å². The van der Waals surface area contributed by atoms with Gasteiger partial charge in [0.15, 0.2) is 5.65 Å². The van der Waals surface area contributed by atoms with Crippen LogP contribution in [0, 0.1) is 20.8 Å². The van der Waals surface area contributed by atoms with Gasteiger partial charge in [0.05, 0.1) is 11.3 Å². The average molecular weight is 409 g/mol. The number of aromatic nitrogens is 2. The first kappa shape index (κ1) is 20.0. The Morgan fingerprint density at radius 3 is 2.60 bits per heavy atom. The molecule has 0 saturated carbocycles. The molecule has 0 atom stereocenters. The summed E-state index contributed by atoms with van der Waals surface area (Å²) in [4.78, 5) is 17.0. The van der Waals surface area contributed by atoms with Crippen molar-refractivity contribution < 1.29 is 14.6 Å². The lowest BCUT2D eigenvalue weighted by Gasteiger charge is -2.24. The standard InChI is InChI=1S/C22H27N5O3/c1-11-4-5-16(28)13(3)18(11)27-19(23)17(20(24)29)15-10-12(2)22(26-21(15)27)30-14-6-8-25-9-7-14/h4-5,10,14,25,28H,6-9,23H2,1-3H3,(H2,24,29). The lowest BCUT2D eigenvalue weighted by molar-refractivity contribution is 0.100. The molecule has 0 unspecified atom stereocenters. The van der Waals surface area contributed by atoms with E-state index in [9.17, 15) is 9.90 Å². The number of aromatic hydroxyl groups is 1. The summed E-state index contributed by atoms with van der Waals surface area (Å²) in [7, 11) is 0. The van der Waals surface area contributed by atoms with Gasteiger partial charge in [-0.25, -0.2) is 0 Å². The zero-order valence-corrected chi connectivity index (χ0v) is 17.5. The van der Waals surface area contributed by atoms with Crippen LogP contribution < -0.4 is 21.5 Å². The van der Waals surface area contributed by atoms with Crippen molar-refractivity contribution in [1.29, 1.82) is 0 Å². The summed E-state index contributed by atoms with van der Waals surface area (Å²) in [5, 5.41) is 14.2. The van der Waals surface area contributed by atoms with Crippen LogP contribution in [0.25, 0.3) is 16.7 Å². The van der Waals surface area contributed by atoms with Crippen LogP contribution >= 0.6 is 0 Å². The molecule has 8 nitrogen and oxygen atoms in total. The van der Waals surface area contributed by atoms with Crippen LogP contribution in [-0.2, 0) is 0 Å². The molecule has 158 valence electrons. The van der Waals surface area contributed by atoms with E-state index in [0.717, 1.165) is 37.1 Å². The van der Waals surface area contributed by atoms with Crippen LogP contribution in [0.5, 0.6) is 11.6 Å². The molecular formula is C22H27N5O3. The number of carbonyl (C=O) groups is 1. The number of phenolic OH excluding ortho intramolecular Hbond substituents is 1. The molecule has 3 heterocycles. The van der Waals surface area contributed by atoms with Crippen molar-refractivity contribution in [2.45, 2.75) is 39.7 Å². The summed E-state index contributed by atoms with van der Waals surface area (Å²) < 4.78 is 7.90. The largest absolute Gasteiger partial charge is 0.508 e. The van der Waals surface area contributed by atoms with Crippen molar-refractivity contribution in [2.24, 2.45) is 5.73 Å². The third-order valence-corrected chi connectivity index (χ3v) is 5.76. The molecule has 30 heavy (non-hydrogen) atoms. The van der Waals surface area contributed by atoms with Crippen LogP contribution in [-0.4, -0.2) is 39.8 Å². The highest BCUT2D eigenvalue weighted by molar-refractivity contribution is 6.11. The molecule has 1 fully saturated rings. The normalized spacial score (nSPS) is 14.9. The number of aryl methyl sites for hydroxylation is 2. The second kappa shape index (κ2) is 7.53. The second-order valence-electron chi connectivity index (χ2n) is 7.88. The predicted octanol–water partition coefficient (Wildman–Crippen LogP) is 2.47. The van der Waals surface area contributed by atoms with Crippen LogP contribution in [0.15, 0.2) is 18.2 Å². The molecule has 1 aromatic carbocycles. The van der Waals surface area contributed by atoms with E-state index in [0.29, 0.717) is 28.2 Å². The Labute approximate surface area is 174 Å². The number of ether oxygens (including phenoxy) is 1. The average Bonchev–Trinajstić information content (AvgIpc) is 2.97. The molecule has 0 aliphatic carbocycles. The fourth-order valence-corrected chi connectivity index (χ4v) is 4.15. The number of pyridine rings is 1. The predicted molar refractivity (Wildman–Crippen MR) is 116 cm³/mol. The van der Waals surface area contributed by atoms with Crippen LogP contribution in [0.3, 0.4) is 0 Å². The molecule has 3 aromatic rings. The van der Waals surface area contributed by atoms with Gasteiger partial charge in [0.25, 0.3) is 5.91 Å². The fourth-order valence-electron chi connectivity index (χ4n) is 4.15. The van der Waals surface area contributed by atoms with E-state index in [1.807, 2.05) is 19.9 Å². The highest BCUT2D eigenvalue weighted by Crippen LogP contribution is 2.37. The number of nitrogens with zero attached hydrogens (tertiary/aromatic N) is 2. The van der Waals surface area contributed by atoms with Crippen LogP contribution in [0.1, 0.15) is 39.9 Å². The maximum Gasteiger partial charge on any atom is 0.253 e. The molecule has 1 saturated heterocycles. The monoisotopic (exact) mass is 409 g/mol. The minimum atomic E-state index is -0.625. The third kappa shape index (κ3) is 3.23. The Kier molecular flexibility index (Phi) is 5.03. The number of amides is 1. The minimum absolute atomic E-state index is 0.0792. The quantitative estimate of drug-likeness (QED) is 0.524. The number of phenols is 1. The lowest BCUT2D eigenvalue weighted by atomic mass is 10.1. The summed E-state index contributed by atoms with van der Waals surface area (Å²) in [6, 6.07) is 5.28. The number of nitrogen functional groups attached to an aromatic ring is 1. The van der Waals surface area contributed by atoms with E-state index in [1.165, 1.54) is 0 Å². The van der Waals surface area contributed by atoms with E-state index >= 15 is 0 Å². The number of nitrogens with one attached hydrogen (secondary N) is 1. The molecule has 2 aromatic heterocycles. The first-order valence-corrected chi connectivity index (χ1v) is 10.1. The topological polar surface area (TPSA) is 128 Å². The molecule has 8 heteroatoms. The highest BCUT2D eigenvalue weighted by Gasteiger charge is 2.26. The Balaban J connectivity index is 1.97. The van der Waals surface area contributed by atoms with Gasteiger partial charge in [-0.2, -0.15) is 4.98 Å². The second-order valence-corrected chi connectivity index (χ2v) is 7.88. The Hall–Kier alpha value is -3.26. The van der Waals surface area contributed by atoms with Gasteiger partial charge in [-0.15, -0.1) is 0 Å². The van der Waals surface area contributed by atoms with Gasteiger partial charge in [0.2, 0.25) is 5.88 Å². The highest BCUT2D eigenvalue weighted by atomic mass is 16.5. The molecule has 6 N–H and O–H groups in total. The Morgan fingerprint density at radius 2 is 1.93 bits per heavy atom. The Morgan fingerprint density at radius 1 is 1.23 bits per heavy atom. The fraction of sp³-hybridized carbons (Fsp3) is 0.364. The van der Waals surface area contributed by atoms with Crippen molar-refractivity contribution in [3.05, 3.63) is 40.5 Å². The molecule has 0 spiro atoms. The number of rotatable bonds is 4. The summed E-state index contributed by atoms with van der Waals surface area (Å²) in [5.74, 6) is 0.218. The molecule has 0 radical (unpaired) electrons. The zero-order chi connectivity index (χ0) is 21.6. The van der Waals surface area contributed by atoms with Gasteiger partial charge in [-0.05, 0) is 64.4 Å². The number of nitrogens with two attached hydrogens (primary N) is 2. The molecule has 1 amide bonds. The van der Waals surface area contributed by atoms with Gasteiger partial charge >= 0.3 is 0 Å². The number of hydrogen-bond donors (Lipinski definition) is 4. The van der Waals surface area contributed by atoms with Gasteiger partial charge in [-0.3, -0.25) is 9.36 Å². The third-order valence-electron chi connectivity index (χ3n) is 5.76. The van der Waals surface area contributed by atoms with Crippen molar-refractivity contribution >= 4 is 22.8 Å².